The molecule has 2 N–H and O–H groups in total. The highest BCUT2D eigenvalue weighted by molar-refractivity contribution is 7.17. The molecule has 0 aromatic carbocycles. The molecule has 0 saturated carbocycles. The molecular formula is C13H15N3O6S. The van der Waals surface area contributed by atoms with Crippen LogP contribution in [0, 0.1) is 10.1 Å². The van der Waals surface area contributed by atoms with Gasteiger partial charge in [-0.3, -0.25) is 24.5 Å². The molecule has 1 saturated heterocycles. The summed E-state index contributed by atoms with van der Waals surface area (Å²) in [7, 11) is 0. The Balaban J connectivity index is 2.02. The Morgan fingerprint density at radius 2 is 2.17 bits per heavy atom. The fraction of sp³-hybridized carbons (Fsp3) is 0.462. The number of amides is 2. The highest BCUT2D eigenvalue weighted by Gasteiger charge is 2.35. The van der Waals surface area contributed by atoms with Crippen molar-refractivity contribution in [3.63, 3.8) is 0 Å². The summed E-state index contributed by atoms with van der Waals surface area (Å²) in [6.07, 6.45) is 0.942. The second kappa shape index (κ2) is 7.18. The second-order valence-electron chi connectivity index (χ2n) is 4.99. The minimum atomic E-state index is -1.02. The highest BCUT2D eigenvalue weighted by Crippen LogP contribution is 2.28. The van der Waals surface area contributed by atoms with Crippen LogP contribution < -0.4 is 5.32 Å². The van der Waals surface area contributed by atoms with Gasteiger partial charge >= 0.3 is 11.0 Å². The van der Waals surface area contributed by atoms with Crippen molar-refractivity contribution in [2.45, 2.75) is 25.3 Å². The summed E-state index contributed by atoms with van der Waals surface area (Å²) in [4.78, 5) is 46.7. The number of hydrogen-bond donors (Lipinski definition) is 2. The monoisotopic (exact) mass is 341 g/mol. The number of rotatable bonds is 6. The SMILES string of the molecule is O=C(O)CCNC(=O)C1CCCN1C(=O)c1ccc([N+](=O)[O-])s1. The topological polar surface area (TPSA) is 130 Å². The largest absolute Gasteiger partial charge is 0.481 e. The summed E-state index contributed by atoms with van der Waals surface area (Å²) < 4.78 is 0. The lowest BCUT2D eigenvalue weighted by atomic mass is 10.2. The lowest BCUT2D eigenvalue weighted by Gasteiger charge is -2.23. The lowest BCUT2D eigenvalue weighted by molar-refractivity contribution is -0.380. The van der Waals surface area contributed by atoms with Crippen LogP contribution in [0.25, 0.3) is 0 Å². The molecular weight excluding hydrogens is 326 g/mol. The normalized spacial score (nSPS) is 17.0. The minimum Gasteiger partial charge on any atom is -0.481 e. The quantitative estimate of drug-likeness (QED) is 0.583. The Hall–Kier alpha value is -2.49. The molecule has 124 valence electrons. The molecule has 1 aliphatic rings. The van der Waals surface area contributed by atoms with Crippen LogP contribution in [0.1, 0.15) is 28.9 Å². The first-order valence-electron chi connectivity index (χ1n) is 6.95. The maximum Gasteiger partial charge on any atom is 0.324 e. The van der Waals surface area contributed by atoms with Crippen LogP contribution in [-0.2, 0) is 9.59 Å². The Kier molecular flexibility index (Phi) is 5.27. The molecule has 0 aliphatic carbocycles. The molecule has 1 aromatic rings. The number of likely N-dealkylation sites (tertiary alicyclic amines) is 1. The van der Waals surface area contributed by atoms with Gasteiger partial charge in [-0.05, 0) is 18.9 Å². The molecule has 10 heteroatoms. The van der Waals surface area contributed by atoms with Crippen molar-refractivity contribution in [3.05, 3.63) is 27.1 Å². The second-order valence-corrected chi connectivity index (χ2v) is 6.05. The van der Waals surface area contributed by atoms with Crippen LogP contribution in [0.15, 0.2) is 12.1 Å². The predicted molar refractivity (Wildman–Crippen MR) is 80.3 cm³/mol. The Morgan fingerprint density at radius 3 is 2.78 bits per heavy atom. The van der Waals surface area contributed by atoms with E-state index in [1.807, 2.05) is 0 Å². The zero-order chi connectivity index (χ0) is 17.0. The van der Waals surface area contributed by atoms with Crippen molar-refractivity contribution in [1.29, 1.82) is 0 Å². The number of nitrogens with zero attached hydrogens (tertiary/aromatic N) is 2. The Morgan fingerprint density at radius 1 is 1.43 bits per heavy atom. The minimum absolute atomic E-state index is 0.00281. The first-order chi connectivity index (χ1) is 10.9. The number of hydrogen-bond acceptors (Lipinski definition) is 6. The molecule has 1 fully saturated rings. The molecule has 0 bridgehead atoms. The fourth-order valence-electron chi connectivity index (χ4n) is 2.38. The van der Waals surface area contributed by atoms with Gasteiger partial charge in [-0.1, -0.05) is 11.3 Å². The number of aliphatic carboxylic acids is 1. The van der Waals surface area contributed by atoms with E-state index in [9.17, 15) is 24.5 Å². The number of nitro groups is 1. The van der Waals surface area contributed by atoms with Crippen molar-refractivity contribution < 1.29 is 24.4 Å². The van der Waals surface area contributed by atoms with Crippen molar-refractivity contribution >= 4 is 34.1 Å². The van der Waals surface area contributed by atoms with Gasteiger partial charge in [-0.15, -0.1) is 0 Å². The summed E-state index contributed by atoms with van der Waals surface area (Å²) in [5.74, 6) is -1.84. The molecule has 0 radical (unpaired) electrons. The first kappa shape index (κ1) is 16.9. The number of carboxylic acids is 1. The third kappa shape index (κ3) is 4.03. The van der Waals surface area contributed by atoms with Crippen molar-refractivity contribution in [2.75, 3.05) is 13.1 Å². The number of carboxylic acid groups (broad SMARTS) is 1. The molecule has 2 amide bonds. The van der Waals surface area contributed by atoms with E-state index in [2.05, 4.69) is 5.32 Å². The Bertz CT molecular complexity index is 643. The van der Waals surface area contributed by atoms with E-state index in [0.29, 0.717) is 19.4 Å². The van der Waals surface area contributed by atoms with Crippen LogP contribution in [0.4, 0.5) is 5.00 Å². The van der Waals surface area contributed by atoms with E-state index in [-0.39, 0.29) is 22.8 Å². The summed E-state index contributed by atoms with van der Waals surface area (Å²) in [5, 5.41) is 21.6. The van der Waals surface area contributed by atoms with Gasteiger partial charge in [0.25, 0.3) is 5.91 Å². The average Bonchev–Trinajstić information content (AvgIpc) is 3.15. The zero-order valence-corrected chi connectivity index (χ0v) is 12.9. The van der Waals surface area contributed by atoms with Gasteiger partial charge in [0.15, 0.2) is 0 Å². The van der Waals surface area contributed by atoms with Gasteiger partial charge in [0.2, 0.25) is 5.91 Å². The van der Waals surface area contributed by atoms with Gasteiger partial charge in [0.05, 0.1) is 16.2 Å². The van der Waals surface area contributed by atoms with E-state index >= 15 is 0 Å². The first-order valence-corrected chi connectivity index (χ1v) is 7.76. The third-order valence-corrected chi connectivity index (χ3v) is 4.46. The molecule has 1 aliphatic heterocycles. The van der Waals surface area contributed by atoms with Gasteiger partial charge in [0.1, 0.15) is 6.04 Å². The molecule has 2 heterocycles. The predicted octanol–water partition coefficient (Wildman–Crippen LogP) is 0.852. The van der Waals surface area contributed by atoms with Gasteiger partial charge < -0.3 is 15.3 Å². The number of thiophene rings is 1. The molecule has 9 nitrogen and oxygen atoms in total. The summed E-state index contributed by atoms with van der Waals surface area (Å²) in [6.45, 7) is 0.388. The third-order valence-electron chi connectivity index (χ3n) is 3.44. The van der Waals surface area contributed by atoms with E-state index in [0.717, 1.165) is 11.3 Å². The van der Waals surface area contributed by atoms with Crippen molar-refractivity contribution in [3.8, 4) is 0 Å². The number of carbonyl (C=O) groups is 3. The van der Waals surface area contributed by atoms with Crippen LogP contribution in [-0.4, -0.2) is 51.8 Å². The molecule has 1 unspecified atom stereocenters. The van der Waals surface area contributed by atoms with Gasteiger partial charge in [-0.2, -0.15) is 0 Å². The molecule has 23 heavy (non-hydrogen) atoms. The van der Waals surface area contributed by atoms with Gasteiger partial charge in [-0.25, -0.2) is 0 Å². The van der Waals surface area contributed by atoms with E-state index in [1.165, 1.54) is 17.0 Å². The lowest BCUT2D eigenvalue weighted by Crippen LogP contribution is -2.46. The summed E-state index contributed by atoms with van der Waals surface area (Å²) in [5.41, 5.74) is 0. The number of carbonyl (C=O) groups excluding carboxylic acids is 2. The molecule has 1 aromatic heterocycles. The standard InChI is InChI=1S/C13H15N3O6S/c17-11(18)5-6-14-12(19)8-2-1-7-15(8)13(20)9-3-4-10(23-9)16(21)22/h3-4,8H,1-2,5-7H2,(H,14,19)(H,17,18). The van der Waals surface area contributed by atoms with Crippen LogP contribution >= 0.6 is 11.3 Å². The van der Waals surface area contributed by atoms with E-state index in [1.54, 1.807) is 0 Å². The zero-order valence-electron chi connectivity index (χ0n) is 12.1. The van der Waals surface area contributed by atoms with Crippen LogP contribution in [0.5, 0.6) is 0 Å². The number of nitrogens with one attached hydrogen (secondary N) is 1. The van der Waals surface area contributed by atoms with Crippen molar-refractivity contribution in [2.24, 2.45) is 0 Å². The van der Waals surface area contributed by atoms with E-state index in [4.69, 9.17) is 5.11 Å². The average molecular weight is 341 g/mol. The van der Waals surface area contributed by atoms with Crippen molar-refractivity contribution in [1.82, 2.24) is 10.2 Å². The molecule has 2 rings (SSSR count). The Labute approximate surface area is 135 Å². The van der Waals surface area contributed by atoms with E-state index < -0.39 is 28.7 Å². The molecule has 1 atom stereocenters. The van der Waals surface area contributed by atoms with Gasteiger partial charge in [0, 0.05) is 19.2 Å². The maximum atomic E-state index is 12.4. The smallest absolute Gasteiger partial charge is 0.324 e. The van der Waals surface area contributed by atoms with Crippen LogP contribution in [0.2, 0.25) is 0 Å². The van der Waals surface area contributed by atoms with Crippen LogP contribution in [0.3, 0.4) is 0 Å². The molecule has 0 spiro atoms. The maximum absolute atomic E-state index is 12.4. The highest BCUT2D eigenvalue weighted by atomic mass is 32.1. The fourth-order valence-corrected chi connectivity index (χ4v) is 3.15. The summed E-state index contributed by atoms with van der Waals surface area (Å²) in [6, 6.07) is 1.97. The summed E-state index contributed by atoms with van der Waals surface area (Å²) >= 11 is 0.772.